The molecule has 1 aliphatic heterocycles. The molecule has 2 unspecified atom stereocenters. The largest absolute Gasteiger partial charge is 0.468 e. The first-order valence-corrected chi connectivity index (χ1v) is 7.62. The molecular weight excluding hydrogens is 290 g/mol. The molecule has 0 spiro atoms. The van der Waals surface area contributed by atoms with Crippen LogP contribution in [-0.2, 0) is 16.0 Å². The number of benzene rings is 1. The van der Waals surface area contributed by atoms with Gasteiger partial charge in [-0.05, 0) is 23.8 Å². The van der Waals surface area contributed by atoms with E-state index in [-0.39, 0.29) is 18.1 Å². The lowest BCUT2D eigenvalue weighted by atomic mass is 9.92. The van der Waals surface area contributed by atoms with Crippen LogP contribution in [0.3, 0.4) is 0 Å². The summed E-state index contributed by atoms with van der Waals surface area (Å²) >= 11 is 0. The zero-order valence-electron chi connectivity index (χ0n) is 12.7. The lowest BCUT2D eigenvalue weighted by Gasteiger charge is -2.29. The molecule has 5 nitrogen and oxygen atoms in total. The summed E-state index contributed by atoms with van der Waals surface area (Å²) in [6.45, 7) is 0. The Kier molecular flexibility index (Phi) is 3.35. The van der Waals surface area contributed by atoms with Gasteiger partial charge in [0, 0.05) is 29.2 Å². The predicted molar refractivity (Wildman–Crippen MR) is 87.0 cm³/mol. The lowest BCUT2D eigenvalue weighted by Crippen LogP contribution is -2.45. The smallest absolute Gasteiger partial charge is 0.323 e. The predicted octanol–water partition coefficient (Wildman–Crippen LogP) is 2.34. The van der Waals surface area contributed by atoms with Crippen molar-refractivity contribution in [1.82, 2.24) is 15.3 Å². The Balaban J connectivity index is 1.88. The van der Waals surface area contributed by atoms with E-state index >= 15 is 0 Å². The van der Waals surface area contributed by atoms with Crippen molar-refractivity contribution >= 4 is 16.9 Å². The molecule has 2 aromatic heterocycles. The van der Waals surface area contributed by atoms with E-state index in [9.17, 15) is 4.79 Å². The van der Waals surface area contributed by atoms with Crippen LogP contribution in [0, 0.1) is 0 Å². The second-order valence-electron chi connectivity index (χ2n) is 5.70. The van der Waals surface area contributed by atoms with Gasteiger partial charge in [-0.25, -0.2) is 0 Å². The van der Waals surface area contributed by atoms with Gasteiger partial charge in [-0.15, -0.1) is 0 Å². The summed E-state index contributed by atoms with van der Waals surface area (Å²) in [4.78, 5) is 20.0. The van der Waals surface area contributed by atoms with Crippen LogP contribution in [0.25, 0.3) is 10.9 Å². The van der Waals surface area contributed by atoms with Crippen molar-refractivity contribution in [3.63, 3.8) is 0 Å². The molecule has 5 heteroatoms. The number of para-hydroxylation sites is 1. The lowest BCUT2D eigenvalue weighted by molar-refractivity contribution is -0.143. The van der Waals surface area contributed by atoms with E-state index in [1.165, 1.54) is 7.11 Å². The Labute approximate surface area is 133 Å². The summed E-state index contributed by atoms with van der Waals surface area (Å²) < 4.78 is 4.95. The molecule has 0 saturated heterocycles. The molecule has 0 fully saturated rings. The topological polar surface area (TPSA) is 67.0 Å². The molecule has 23 heavy (non-hydrogen) atoms. The molecule has 4 rings (SSSR count). The maximum absolute atomic E-state index is 12.1. The third kappa shape index (κ3) is 2.29. The number of nitrogens with one attached hydrogen (secondary N) is 2. The second-order valence-corrected chi connectivity index (χ2v) is 5.70. The second kappa shape index (κ2) is 5.52. The van der Waals surface area contributed by atoms with Gasteiger partial charge in [-0.2, -0.15) is 0 Å². The zero-order valence-corrected chi connectivity index (χ0v) is 12.7. The quantitative estimate of drug-likeness (QED) is 0.713. The molecule has 1 aromatic carbocycles. The Morgan fingerprint density at radius 1 is 1.22 bits per heavy atom. The number of ether oxygens (including phenoxy) is 1. The van der Waals surface area contributed by atoms with Crippen molar-refractivity contribution in [1.29, 1.82) is 0 Å². The number of carbonyl (C=O) groups excluding carboxylic acids is 1. The van der Waals surface area contributed by atoms with Crippen LogP contribution in [0.5, 0.6) is 0 Å². The van der Waals surface area contributed by atoms with Crippen LogP contribution < -0.4 is 5.32 Å². The standard InChI is InChI=1S/C18H17N3O2/c1-23-18(22)15-10-12-11-6-2-3-7-13(11)20-16(12)17(21-15)14-8-4-5-9-19-14/h2-9,15,17,20-21H,10H2,1H3. The number of esters is 1. The van der Waals surface area contributed by atoms with Gasteiger partial charge in [-0.1, -0.05) is 24.3 Å². The van der Waals surface area contributed by atoms with Crippen molar-refractivity contribution in [3.05, 3.63) is 65.6 Å². The van der Waals surface area contributed by atoms with Crippen LogP contribution >= 0.6 is 0 Å². The highest BCUT2D eigenvalue weighted by Gasteiger charge is 2.34. The van der Waals surface area contributed by atoms with E-state index < -0.39 is 0 Å². The van der Waals surface area contributed by atoms with E-state index in [0.717, 1.165) is 27.9 Å². The molecule has 0 aliphatic carbocycles. The first-order chi connectivity index (χ1) is 11.3. The number of fused-ring (bicyclic) bond motifs is 3. The Morgan fingerprint density at radius 3 is 2.83 bits per heavy atom. The normalized spacial score (nSPS) is 20.2. The number of hydrogen-bond donors (Lipinski definition) is 2. The number of pyridine rings is 1. The molecule has 0 saturated carbocycles. The fourth-order valence-corrected chi connectivity index (χ4v) is 3.31. The first kappa shape index (κ1) is 14.0. The molecule has 0 amide bonds. The van der Waals surface area contributed by atoms with Crippen LogP contribution in [0.15, 0.2) is 48.7 Å². The Hall–Kier alpha value is -2.66. The van der Waals surface area contributed by atoms with Crippen LogP contribution in [0.4, 0.5) is 0 Å². The maximum Gasteiger partial charge on any atom is 0.323 e. The van der Waals surface area contributed by atoms with Gasteiger partial charge < -0.3 is 9.72 Å². The molecule has 0 bridgehead atoms. The van der Waals surface area contributed by atoms with Crippen molar-refractivity contribution in [2.75, 3.05) is 7.11 Å². The number of methoxy groups -OCH3 is 1. The molecule has 3 heterocycles. The minimum Gasteiger partial charge on any atom is -0.468 e. The van der Waals surface area contributed by atoms with Crippen LogP contribution in [0.1, 0.15) is 23.0 Å². The Morgan fingerprint density at radius 2 is 2.04 bits per heavy atom. The molecule has 2 atom stereocenters. The fourth-order valence-electron chi connectivity index (χ4n) is 3.31. The first-order valence-electron chi connectivity index (χ1n) is 7.62. The number of aromatic nitrogens is 2. The van der Waals surface area contributed by atoms with Gasteiger partial charge >= 0.3 is 5.97 Å². The van der Waals surface area contributed by atoms with E-state index in [0.29, 0.717) is 6.42 Å². The van der Waals surface area contributed by atoms with Crippen molar-refractivity contribution in [2.45, 2.75) is 18.5 Å². The van der Waals surface area contributed by atoms with E-state index in [2.05, 4.69) is 27.4 Å². The van der Waals surface area contributed by atoms with Crippen molar-refractivity contribution < 1.29 is 9.53 Å². The Bertz CT molecular complexity index is 857. The number of H-pyrrole nitrogens is 1. The summed E-state index contributed by atoms with van der Waals surface area (Å²) in [6.07, 6.45) is 2.37. The van der Waals surface area contributed by atoms with Gasteiger partial charge in [0.2, 0.25) is 0 Å². The maximum atomic E-state index is 12.1. The summed E-state index contributed by atoms with van der Waals surface area (Å²) in [5, 5.41) is 4.52. The van der Waals surface area contributed by atoms with Gasteiger partial charge in [0.15, 0.2) is 0 Å². The highest BCUT2D eigenvalue weighted by atomic mass is 16.5. The highest BCUT2D eigenvalue weighted by molar-refractivity contribution is 5.87. The molecule has 1 aliphatic rings. The van der Waals surface area contributed by atoms with E-state index in [4.69, 9.17) is 4.74 Å². The van der Waals surface area contributed by atoms with Crippen LogP contribution in [0.2, 0.25) is 0 Å². The number of aromatic amines is 1. The number of nitrogens with zero attached hydrogens (tertiary/aromatic N) is 1. The summed E-state index contributed by atoms with van der Waals surface area (Å²) in [5.74, 6) is -0.248. The molecule has 3 aromatic rings. The summed E-state index contributed by atoms with van der Waals surface area (Å²) in [5.41, 5.74) is 4.19. The average Bonchev–Trinajstić information content (AvgIpc) is 2.99. The minimum atomic E-state index is -0.376. The fraction of sp³-hybridized carbons (Fsp3) is 0.222. The van der Waals surface area contributed by atoms with Crippen LogP contribution in [-0.4, -0.2) is 29.1 Å². The number of rotatable bonds is 2. The molecule has 2 N–H and O–H groups in total. The zero-order chi connectivity index (χ0) is 15.8. The molecule has 116 valence electrons. The third-order valence-electron chi connectivity index (χ3n) is 4.38. The number of carbonyl (C=O) groups is 1. The van der Waals surface area contributed by atoms with Gasteiger partial charge in [0.05, 0.1) is 18.8 Å². The molecular formula is C18H17N3O2. The third-order valence-corrected chi connectivity index (χ3v) is 4.38. The minimum absolute atomic E-state index is 0.156. The van der Waals surface area contributed by atoms with Gasteiger partial charge in [0.1, 0.15) is 6.04 Å². The van der Waals surface area contributed by atoms with Gasteiger partial charge in [0.25, 0.3) is 0 Å². The summed E-state index contributed by atoms with van der Waals surface area (Å²) in [7, 11) is 1.42. The number of hydrogen-bond acceptors (Lipinski definition) is 4. The van der Waals surface area contributed by atoms with E-state index in [1.54, 1.807) is 6.20 Å². The van der Waals surface area contributed by atoms with Gasteiger partial charge in [-0.3, -0.25) is 15.1 Å². The summed E-state index contributed by atoms with van der Waals surface area (Å²) in [6, 6.07) is 13.4. The monoisotopic (exact) mass is 307 g/mol. The highest BCUT2D eigenvalue weighted by Crippen LogP contribution is 2.34. The van der Waals surface area contributed by atoms with Crippen molar-refractivity contribution in [2.24, 2.45) is 0 Å². The average molecular weight is 307 g/mol. The SMILES string of the molecule is COC(=O)C1Cc2c([nH]c3ccccc23)C(c2ccccn2)N1. The van der Waals surface area contributed by atoms with E-state index in [1.807, 2.05) is 30.3 Å². The van der Waals surface area contributed by atoms with Crippen molar-refractivity contribution in [3.8, 4) is 0 Å². The molecule has 0 radical (unpaired) electrons.